The molecule has 1 aliphatic heterocycles. The lowest BCUT2D eigenvalue weighted by Crippen LogP contribution is -2.49. The fourth-order valence-corrected chi connectivity index (χ4v) is 6.72. The predicted octanol–water partition coefficient (Wildman–Crippen LogP) is 7.95. The van der Waals surface area contributed by atoms with Gasteiger partial charge in [0.25, 0.3) is 5.91 Å². The maximum absolute atomic E-state index is 13.9. The van der Waals surface area contributed by atoms with Crippen LogP contribution in [0.1, 0.15) is 53.7 Å². The highest BCUT2D eigenvalue weighted by Crippen LogP contribution is 2.36. The molecule has 50 heavy (non-hydrogen) atoms. The van der Waals surface area contributed by atoms with E-state index in [1.807, 2.05) is 32.2 Å². The number of benzene rings is 4. The van der Waals surface area contributed by atoms with Crippen molar-refractivity contribution in [2.75, 3.05) is 32.1 Å². The second kappa shape index (κ2) is 16.1. The Hall–Kier alpha value is -4.32. The van der Waals surface area contributed by atoms with Crippen molar-refractivity contribution in [3.8, 4) is 5.75 Å². The lowest BCUT2D eigenvalue weighted by molar-refractivity contribution is -0.137. The Morgan fingerprint density at radius 3 is 2.28 bits per heavy atom. The number of nitrogens with one attached hydrogen (secondary N) is 1. The largest absolute Gasteiger partial charge is 0.486 e. The van der Waals surface area contributed by atoms with Crippen molar-refractivity contribution in [3.63, 3.8) is 0 Å². The Kier molecular flexibility index (Phi) is 11.9. The van der Waals surface area contributed by atoms with Gasteiger partial charge in [0.2, 0.25) is 5.91 Å². The first-order chi connectivity index (χ1) is 23.8. The van der Waals surface area contributed by atoms with E-state index in [2.05, 4.69) is 46.6 Å². The monoisotopic (exact) mass is 705 g/mol. The van der Waals surface area contributed by atoms with Crippen LogP contribution in [-0.2, 0) is 17.5 Å². The van der Waals surface area contributed by atoms with Crippen molar-refractivity contribution in [2.24, 2.45) is 5.92 Å². The number of amides is 2. The molecule has 2 amide bonds. The van der Waals surface area contributed by atoms with Crippen LogP contribution in [0.5, 0.6) is 5.75 Å². The van der Waals surface area contributed by atoms with Crippen LogP contribution >= 0.6 is 11.8 Å². The Labute approximate surface area is 295 Å². The third kappa shape index (κ3) is 9.07. The zero-order valence-electron chi connectivity index (χ0n) is 28.5. The van der Waals surface area contributed by atoms with Crippen molar-refractivity contribution in [1.82, 2.24) is 9.80 Å². The standard InChI is InChI=1S/C39H42F3N3O4S/c1-25-21-45(26(2)24-46)38(48)33-11-8-12-34(43-37(47)27(3)29-15-17-30(18-16-29)39(40,41)42)36(33)49-35(25)23-44(4)22-28-13-19-32(20-14-28)50-31-9-6-5-7-10-31/h5-20,25-27,35,46H,21-24H2,1-4H3,(H,43,47)/t25-,26+,27?,35-/m1/s1. The maximum atomic E-state index is 13.9. The summed E-state index contributed by atoms with van der Waals surface area (Å²) in [6.45, 7) is 6.66. The molecule has 0 fully saturated rings. The van der Waals surface area contributed by atoms with E-state index >= 15 is 0 Å². The molecule has 1 heterocycles. The summed E-state index contributed by atoms with van der Waals surface area (Å²) < 4.78 is 46.0. The number of alkyl halides is 3. The molecule has 11 heteroatoms. The average Bonchev–Trinajstić information content (AvgIpc) is 3.10. The van der Waals surface area contributed by atoms with Gasteiger partial charge >= 0.3 is 6.18 Å². The molecule has 4 atom stereocenters. The molecule has 4 aromatic carbocycles. The molecule has 0 aromatic heterocycles. The number of hydrogen-bond acceptors (Lipinski definition) is 6. The van der Waals surface area contributed by atoms with Crippen LogP contribution in [-0.4, -0.2) is 65.6 Å². The second-order valence-electron chi connectivity index (χ2n) is 12.9. The smallest absolute Gasteiger partial charge is 0.416 e. The number of anilines is 1. The lowest BCUT2D eigenvalue weighted by Gasteiger charge is -2.38. The van der Waals surface area contributed by atoms with Crippen LogP contribution in [0.25, 0.3) is 0 Å². The summed E-state index contributed by atoms with van der Waals surface area (Å²) in [5.74, 6) is -1.52. The number of rotatable bonds is 11. The second-order valence-corrected chi connectivity index (χ2v) is 14.0. The molecule has 0 aliphatic carbocycles. The quantitative estimate of drug-likeness (QED) is 0.165. The molecule has 5 rings (SSSR count). The summed E-state index contributed by atoms with van der Waals surface area (Å²) in [4.78, 5) is 33.4. The Bertz CT molecular complexity index is 1750. The van der Waals surface area contributed by atoms with E-state index in [-0.39, 0.29) is 35.4 Å². The summed E-state index contributed by atoms with van der Waals surface area (Å²) in [7, 11) is 2.00. The summed E-state index contributed by atoms with van der Waals surface area (Å²) in [5.41, 5.74) is 1.27. The highest BCUT2D eigenvalue weighted by molar-refractivity contribution is 7.99. The number of nitrogens with zero attached hydrogens (tertiary/aromatic N) is 2. The average molecular weight is 706 g/mol. The number of aliphatic hydroxyl groups is 1. The third-order valence-electron chi connectivity index (χ3n) is 8.93. The van der Waals surface area contributed by atoms with E-state index in [0.717, 1.165) is 22.6 Å². The van der Waals surface area contributed by atoms with Gasteiger partial charge in [0.15, 0.2) is 5.75 Å². The van der Waals surface area contributed by atoms with Gasteiger partial charge in [-0.3, -0.25) is 14.5 Å². The number of ether oxygens (including phenoxy) is 1. The highest BCUT2D eigenvalue weighted by Gasteiger charge is 2.35. The Morgan fingerprint density at radius 1 is 0.980 bits per heavy atom. The summed E-state index contributed by atoms with van der Waals surface area (Å²) >= 11 is 1.70. The normalized spacial score (nSPS) is 17.7. The molecule has 4 aromatic rings. The molecule has 0 saturated heterocycles. The van der Waals surface area contributed by atoms with Gasteiger partial charge in [-0.05, 0) is 80.6 Å². The van der Waals surface area contributed by atoms with Gasteiger partial charge in [0.1, 0.15) is 6.10 Å². The Morgan fingerprint density at radius 2 is 1.64 bits per heavy atom. The number of carbonyl (C=O) groups excluding carboxylic acids is 2. The highest BCUT2D eigenvalue weighted by atomic mass is 32.2. The van der Waals surface area contributed by atoms with E-state index in [9.17, 15) is 27.9 Å². The minimum Gasteiger partial charge on any atom is -0.486 e. The van der Waals surface area contributed by atoms with E-state index < -0.39 is 35.7 Å². The van der Waals surface area contributed by atoms with E-state index in [0.29, 0.717) is 25.2 Å². The summed E-state index contributed by atoms with van der Waals surface area (Å²) in [5, 5.41) is 12.9. The van der Waals surface area contributed by atoms with Gasteiger partial charge in [-0.15, -0.1) is 0 Å². The molecule has 0 spiro atoms. The van der Waals surface area contributed by atoms with Crippen LogP contribution in [0, 0.1) is 5.92 Å². The number of carbonyl (C=O) groups is 2. The van der Waals surface area contributed by atoms with Gasteiger partial charge in [-0.25, -0.2) is 0 Å². The number of fused-ring (bicyclic) bond motifs is 1. The van der Waals surface area contributed by atoms with E-state index in [1.165, 1.54) is 17.0 Å². The number of likely N-dealkylation sites (N-methyl/N-ethyl adjacent to an activating group) is 1. The molecular weight excluding hydrogens is 664 g/mol. The maximum Gasteiger partial charge on any atom is 0.416 e. The number of hydrogen-bond donors (Lipinski definition) is 2. The van der Waals surface area contributed by atoms with Crippen molar-refractivity contribution >= 4 is 29.3 Å². The Balaban J connectivity index is 1.36. The van der Waals surface area contributed by atoms with Crippen LogP contribution in [0.3, 0.4) is 0 Å². The van der Waals surface area contributed by atoms with Crippen molar-refractivity contribution < 1.29 is 32.6 Å². The first-order valence-electron chi connectivity index (χ1n) is 16.5. The zero-order valence-corrected chi connectivity index (χ0v) is 29.3. The summed E-state index contributed by atoms with van der Waals surface area (Å²) in [6.07, 6.45) is -4.89. The minimum absolute atomic E-state index is 0.150. The van der Waals surface area contributed by atoms with Gasteiger partial charge in [-0.2, -0.15) is 13.2 Å². The topological polar surface area (TPSA) is 82.1 Å². The van der Waals surface area contributed by atoms with E-state index in [1.54, 1.807) is 48.7 Å². The molecule has 1 aliphatic rings. The lowest BCUT2D eigenvalue weighted by atomic mass is 9.97. The van der Waals surface area contributed by atoms with E-state index in [4.69, 9.17) is 4.74 Å². The SMILES string of the molecule is CC(C(=O)Nc1cccc2c1O[C@H](CN(C)Cc1ccc(Sc3ccccc3)cc1)[C@H](C)CN([C@@H](C)CO)C2=O)c1ccc(C(F)(F)F)cc1. The fourth-order valence-electron chi connectivity index (χ4n) is 5.88. The van der Waals surface area contributed by atoms with Gasteiger partial charge < -0.3 is 20.1 Å². The fraction of sp³-hybridized carbons (Fsp3) is 0.333. The molecule has 0 radical (unpaired) electrons. The molecule has 264 valence electrons. The first kappa shape index (κ1) is 36.9. The number of halogens is 3. The van der Waals surface area contributed by atoms with Gasteiger partial charge in [0, 0.05) is 35.3 Å². The van der Waals surface area contributed by atoms with Gasteiger partial charge in [-0.1, -0.05) is 67.2 Å². The molecule has 7 nitrogen and oxygen atoms in total. The van der Waals surface area contributed by atoms with Crippen molar-refractivity contribution in [3.05, 3.63) is 119 Å². The van der Waals surface area contributed by atoms with Crippen molar-refractivity contribution in [1.29, 1.82) is 0 Å². The third-order valence-corrected chi connectivity index (χ3v) is 9.94. The minimum atomic E-state index is -4.48. The predicted molar refractivity (Wildman–Crippen MR) is 189 cm³/mol. The number of para-hydroxylation sites is 1. The van der Waals surface area contributed by atoms with Crippen molar-refractivity contribution in [2.45, 2.75) is 61.3 Å². The first-order valence-corrected chi connectivity index (χ1v) is 17.4. The molecule has 0 saturated carbocycles. The van der Waals surface area contributed by atoms with Gasteiger partial charge in [0.05, 0.1) is 35.4 Å². The zero-order chi connectivity index (χ0) is 36.0. The summed E-state index contributed by atoms with van der Waals surface area (Å²) in [6, 6.07) is 27.6. The van der Waals surface area contributed by atoms with Crippen LogP contribution in [0.4, 0.5) is 18.9 Å². The molecule has 0 bridgehead atoms. The number of aliphatic hydroxyl groups excluding tert-OH is 1. The van der Waals surface area contributed by atoms with Crippen LogP contribution in [0.15, 0.2) is 107 Å². The molecular formula is C39H42F3N3O4S. The molecule has 2 N–H and O–H groups in total. The molecule has 1 unspecified atom stereocenters. The van der Waals surface area contributed by atoms with Crippen LogP contribution in [0.2, 0.25) is 0 Å². The van der Waals surface area contributed by atoms with Crippen LogP contribution < -0.4 is 10.1 Å².